The molecule has 1 saturated heterocycles. The summed E-state index contributed by atoms with van der Waals surface area (Å²) < 4.78 is 0. The Hall–Kier alpha value is -3.66. The predicted molar refractivity (Wildman–Crippen MR) is 134 cm³/mol. The third kappa shape index (κ3) is 4.75. The lowest BCUT2D eigenvalue weighted by molar-refractivity contribution is 0.224. The maximum absolute atomic E-state index is 9.38. The average molecular weight is 442 g/mol. The largest absolute Gasteiger partial charge is 0.351 e. The SMILES string of the molecule is Cc1cc2ncc(N3CCN(/C(=N/C#N)Nc4ccccc4C)C(C(C)C)C3)nc2cc1C. The number of nitriles is 1. The third-order valence-electron chi connectivity index (χ3n) is 6.48. The first-order valence-electron chi connectivity index (χ1n) is 11.4. The minimum atomic E-state index is 0.166. The molecule has 7 nitrogen and oxygen atoms in total. The highest BCUT2D eigenvalue weighted by Crippen LogP contribution is 2.25. The Morgan fingerprint density at radius 2 is 1.82 bits per heavy atom. The molecule has 0 spiro atoms. The second kappa shape index (κ2) is 9.45. The summed E-state index contributed by atoms with van der Waals surface area (Å²) >= 11 is 0. The topological polar surface area (TPSA) is 80.4 Å². The first kappa shape index (κ1) is 22.5. The van der Waals surface area contributed by atoms with E-state index in [1.807, 2.05) is 43.6 Å². The number of guanidine groups is 1. The summed E-state index contributed by atoms with van der Waals surface area (Å²) in [5, 5.41) is 12.8. The number of hydrogen-bond donors (Lipinski definition) is 1. The molecule has 0 saturated carbocycles. The number of para-hydroxylation sites is 1. The van der Waals surface area contributed by atoms with Crippen LogP contribution in [0, 0.1) is 38.1 Å². The summed E-state index contributed by atoms with van der Waals surface area (Å²) in [6, 6.07) is 12.4. The van der Waals surface area contributed by atoms with E-state index in [0.717, 1.165) is 47.7 Å². The van der Waals surface area contributed by atoms with Crippen LogP contribution in [0.3, 0.4) is 0 Å². The van der Waals surface area contributed by atoms with Crippen LogP contribution in [0.4, 0.5) is 11.5 Å². The van der Waals surface area contributed by atoms with Crippen molar-refractivity contribution in [2.75, 3.05) is 29.9 Å². The summed E-state index contributed by atoms with van der Waals surface area (Å²) in [5.41, 5.74) is 6.36. The molecule has 2 aromatic carbocycles. The Kier molecular flexibility index (Phi) is 6.45. The number of nitrogens with zero attached hydrogens (tertiary/aromatic N) is 6. The van der Waals surface area contributed by atoms with Gasteiger partial charge in [0.15, 0.2) is 0 Å². The number of piperazine rings is 1. The summed E-state index contributed by atoms with van der Waals surface area (Å²) in [4.78, 5) is 18.3. The first-order chi connectivity index (χ1) is 15.9. The predicted octanol–water partition coefficient (Wildman–Crippen LogP) is 4.65. The number of nitrogens with one attached hydrogen (secondary N) is 1. The van der Waals surface area contributed by atoms with Crippen LogP contribution < -0.4 is 10.2 Å². The highest BCUT2D eigenvalue weighted by molar-refractivity contribution is 5.95. The van der Waals surface area contributed by atoms with E-state index in [1.54, 1.807) is 0 Å². The molecule has 2 heterocycles. The van der Waals surface area contributed by atoms with Gasteiger partial charge in [0.1, 0.15) is 5.82 Å². The van der Waals surface area contributed by atoms with Crippen LogP contribution in [0.1, 0.15) is 30.5 Å². The zero-order valence-electron chi connectivity index (χ0n) is 20.0. The Morgan fingerprint density at radius 1 is 1.09 bits per heavy atom. The molecular formula is C26H31N7. The molecule has 7 heteroatoms. The van der Waals surface area contributed by atoms with Crippen LogP contribution in [0.2, 0.25) is 0 Å². The molecule has 0 aliphatic carbocycles. The molecule has 1 unspecified atom stereocenters. The fourth-order valence-electron chi connectivity index (χ4n) is 4.31. The molecule has 1 aliphatic heterocycles. The minimum absolute atomic E-state index is 0.166. The van der Waals surface area contributed by atoms with Crippen molar-refractivity contribution in [3.8, 4) is 6.19 Å². The Balaban J connectivity index is 1.60. The van der Waals surface area contributed by atoms with Crippen molar-refractivity contribution in [3.63, 3.8) is 0 Å². The first-order valence-corrected chi connectivity index (χ1v) is 11.4. The maximum Gasteiger partial charge on any atom is 0.214 e. The number of fused-ring (bicyclic) bond motifs is 1. The zero-order chi connectivity index (χ0) is 23.5. The fourth-order valence-corrected chi connectivity index (χ4v) is 4.31. The van der Waals surface area contributed by atoms with E-state index >= 15 is 0 Å². The van der Waals surface area contributed by atoms with Gasteiger partial charge in [0.05, 0.1) is 23.3 Å². The van der Waals surface area contributed by atoms with Gasteiger partial charge in [0.25, 0.3) is 0 Å². The number of aromatic nitrogens is 2. The number of anilines is 2. The molecule has 1 atom stereocenters. The molecule has 170 valence electrons. The normalized spacial score (nSPS) is 16.9. The molecule has 1 aromatic heterocycles. The van der Waals surface area contributed by atoms with Crippen molar-refractivity contribution >= 4 is 28.5 Å². The number of rotatable bonds is 3. The van der Waals surface area contributed by atoms with E-state index in [4.69, 9.17) is 4.98 Å². The van der Waals surface area contributed by atoms with E-state index in [-0.39, 0.29) is 6.04 Å². The highest BCUT2D eigenvalue weighted by Gasteiger charge is 2.32. The molecular weight excluding hydrogens is 410 g/mol. The second-order valence-electron chi connectivity index (χ2n) is 9.08. The van der Waals surface area contributed by atoms with E-state index in [1.165, 1.54) is 11.1 Å². The zero-order valence-corrected chi connectivity index (χ0v) is 20.0. The average Bonchev–Trinajstić information content (AvgIpc) is 2.80. The fraction of sp³-hybridized carbons (Fsp3) is 0.385. The van der Waals surface area contributed by atoms with E-state index < -0.39 is 0 Å². The van der Waals surface area contributed by atoms with Gasteiger partial charge in [-0.1, -0.05) is 32.0 Å². The minimum Gasteiger partial charge on any atom is -0.351 e. The lowest BCUT2D eigenvalue weighted by Gasteiger charge is -2.45. The molecule has 1 aliphatic rings. The summed E-state index contributed by atoms with van der Waals surface area (Å²) in [6.45, 7) is 12.9. The summed E-state index contributed by atoms with van der Waals surface area (Å²) in [7, 11) is 0. The molecule has 3 aromatic rings. The van der Waals surface area contributed by atoms with Gasteiger partial charge in [-0.05, 0) is 61.6 Å². The van der Waals surface area contributed by atoms with Crippen LogP contribution in [0.5, 0.6) is 0 Å². The van der Waals surface area contributed by atoms with Gasteiger partial charge in [-0.25, -0.2) is 4.98 Å². The number of aliphatic imine (C=N–C) groups is 1. The number of hydrogen-bond acceptors (Lipinski definition) is 5. The van der Waals surface area contributed by atoms with Gasteiger partial charge in [-0.2, -0.15) is 5.26 Å². The molecule has 33 heavy (non-hydrogen) atoms. The van der Waals surface area contributed by atoms with Crippen molar-refractivity contribution in [3.05, 3.63) is 59.3 Å². The van der Waals surface area contributed by atoms with E-state index in [0.29, 0.717) is 11.9 Å². The smallest absolute Gasteiger partial charge is 0.214 e. The van der Waals surface area contributed by atoms with Gasteiger partial charge in [0, 0.05) is 25.3 Å². The molecule has 0 bridgehead atoms. The van der Waals surface area contributed by atoms with Crippen LogP contribution in [-0.2, 0) is 0 Å². The quantitative estimate of drug-likeness (QED) is 0.362. The van der Waals surface area contributed by atoms with Gasteiger partial charge in [0.2, 0.25) is 12.2 Å². The van der Waals surface area contributed by atoms with Gasteiger partial charge >= 0.3 is 0 Å². The highest BCUT2D eigenvalue weighted by atomic mass is 15.4. The standard InChI is InChI=1S/C26H31N7/c1-17(2)24-15-32(25-14-28-22-12-19(4)20(5)13-23(22)30-25)10-11-33(24)26(29-16-27)31-21-9-7-6-8-18(21)3/h6-9,12-14,17,24H,10-11,15H2,1-5H3,(H,29,31). The van der Waals surface area contributed by atoms with Crippen molar-refractivity contribution in [2.24, 2.45) is 10.9 Å². The third-order valence-corrected chi connectivity index (χ3v) is 6.48. The van der Waals surface area contributed by atoms with Crippen LogP contribution in [0.15, 0.2) is 47.6 Å². The lowest BCUT2D eigenvalue weighted by Crippen LogP contribution is -2.58. The van der Waals surface area contributed by atoms with Gasteiger partial charge < -0.3 is 15.1 Å². The summed E-state index contributed by atoms with van der Waals surface area (Å²) in [6.07, 6.45) is 3.86. The van der Waals surface area contributed by atoms with E-state index in [2.05, 4.69) is 64.9 Å². The monoisotopic (exact) mass is 441 g/mol. The molecule has 0 amide bonds. The van der Waals surface area contributed by atoms with Gasteiger partial charge in [-0.3, -0.25) is 4.98 Å². The molecule has 1 N–H and O–H groups in total. The maximum atomic E-state index is 9.38. The van der Waals surface area contributed by atoms with Crippen molar-refractivity contribution in [1.29, 1.82) is 5.26 Å². The second-order valence-corrected chi connectivity index (χ2v) is 9.08. The molecule has 0 radical (unpaired) electrons. The summed E-state index contributed by atoms with van der Waals surface area (Å²) in [5.74, 6) is 1.84. The van der Waals surface area contributed by atoms with Crippen molar-refractivity contribution in [1.82, 2.24) is 14.9 Å². The van der Waals surface area contributed by atoms with Gasteiger partial charge in [-0.15, -0.1) is 4.99 Å². The number of aryl methyl sites for hydroxylation is 3. The van der Waals surface area contributed by atoms with Crippen LogP contribution in [-0.4, -0.2) is 46.5 Å². The Bertz CT molecular complexity index is 1230. The van der Waals surface area contributed by atoms with Crippen molar-refractivity contribution in [2.45, 2.75) is 40.7 Å². The number of benzene rings is 2. The van der Waals surface area contributed by atoms with E-state index in [9.17, 15) is 5.26 Å². The molecule has 4 rings (SSSR count). The Labute approximate surface area is 195 Å². The van der Waals surface area contributed by atoms with Crippen LogP contribution >= 0.6 is 0 Å². The Morgan fingerprint density at radius 3 is 2.52 bits per heavy atom. The van der Waals surface area contributed by atoms with Crippen LogP contribution in [0.25, 0.3) is 11.0 Å². The lowest BCUT2D eigenvalue weighted by atomic mass is 9.99. The molecule has 1 fully saturated rings. The van der Waals surface area contributed by atoms with Crippen molar-refractivity contribution < 1.29 is 0 Å².